The van der Waals surface area contributed by atoms with Crippen LogP contribution in [0.1, 0.15) is 0 Å². The minimum atomic E-state index is 0.721. The van der Waals surface area contributed by atoms with Gasteiger partial charge >= 0.3 is 0 Å². The Balaban J connectivity index is 0.000000371. The maximum absolute atomic E-state index is 6.25. The van der Waals surface area contributed by atoms with E-state index >= 15 is 0 Å². The number of benzene rings is 1. The number of nitrogens with two attached hydrogens (primary N) is 1. The Bertz CT molecular complexity index is 183. The molecule has 1 aromatic rings. The number of rotatable bonds is 0. The van der Waals surface area contributed by atoms with E-state index < -0.39 is 0 Å². The number of nitrogens with one attached hydrogen (secondary N) is 1. The number of hydrogen-bond donors (Lipinski definition) is 2. The summed E-state index contributed by atoms with van der Waals surface area (Å²) < 4.78 is 0. The van der Waals surface area contributed by atoms with E-state index in [0.717, 1.165) is 10.7 Å². The van der Waals surface area contributed by atoms with Crippen molar-refractivity contribution in [1.82, 2.24) is 0 Å². The van der Waals surface area contributed by atoms with E-state index in [4.69, 9.17) is 28.1 Å². The Kier molecular flexibility index (Phi) is 4.01. The van der Waals surface area contributed by atoms with Crippen LogP contribution in [-0.4, -0.2) is 0 Å². The molecule has 1 rings (SSSR count). The van der Waals surface area contributed by atoms with Gasteiger partial charge in [0.1, 0.15) is 0 Å². The SMILES string of the molecule is N#[NH+].Nc1ccc(Cl)cc1. The zero-order chi connectivity index (χ0) is 7.98. The topological polar surface area (TPSA) is 73.6 Å². The van der Waals surface area contributed by atoms with Gasteiger partial charge < -0.3 is 5.73 Å². The Morgan fingerprint density at radius 1 is 1.20 bits per heavy atom. The lowest BCUT2D eigenvalue weighted by molar-refractivity contribution is -0.175. The Morgan fingerprint density at radius 3 is 1.90 bits per heavy atom. The molecule has 4 heteroatoms. The van der Waals surface area contributed by atoms with E-state index in [9.17, 15) is 0 Å². The molecule has 0 saturated heterocycles. The van der Waals surface area contributed by atoms with Gasteiger partial charge in [0.15, 0.2) is 0 Å². The predicted octanol–water partition coefficient (Wildman–Crippen LogP) is 0.201. The van der Waals surface area contributed by atoms with Crippen molar-refractivity contribution in [2.75, 3.05) is 5.73 Å². The first-order valence-corrected chi connectivity index (χ1v) is 2.90. The second-order valence-electron chi connectivity index (χ2n) is 1.55. The molecule has 0 spiro atoms. The molecule has 1 aromatic carbocycles. The first kappa shape index (κ1) is 8.73. The van der Waals surface area contributed by atoms with Gasteiger partial charge in [-0.25, -0.2) is 0 Å². The van der Waals surface area contributed by atoms with Crippen molar-refractivity contribution in [3.63, 3.8) is 0 Å². The molecule has 0 bridgehead atoms. The molecule has 10 heavy (non-hydrogen) atoms. The number of nitrogens with zero attached hydrogens (tertiary/aromatic N) is 1. The number of nitrogen functional groups attached to an aromatic ring is 1. The van der Waals surface area contributed by atoms with Gasteiger partial charge in [-0.1, -0.05) is 11.6 Å². The van der Waals surface area contributed by atoms with Crippen LogP contribution in [0.4, 0.5) is 5.69 Å². The van der Waals surface area contributed by atoms with Crippen LogP contribution in [0, 0.1) is 5.39 Å². The fourth-order valence-electron chi connectivity index (χ4n) is 0.463. The van der Waals surface area contributed by atoms with Gasteiger partial charge in [-0.05, 0) is 24.3 Å². The fourth-order valence-corrected chi connectivity index (χ4v) is 0.589. The highest BCUT2D eigenvalue weighted by atomic mass is 35.5. The monoisotopic (exact) mass is 156 g/mol. The predicted molar refractivity (Wildman–Crippen MR) is 38.6 cm³/mol. The molecule has 0 radical (unpaired) electrons. The van der Waals surface area contributed by atoms with Crippen molar-refractivity contribution in [2.45, 2.75) is 0 Å². The smallest absolute Gasteiger partial charge is 0.212 e. The third-order valence-electron chi connectivity index (χ3n) is 0.870. The van der Waals surface area contributed by atoms with E-state index in [1.807, 2.05) is 0 Å². The molecule has 0 aliphatic heterocycles. The van der Waals surface area contributed by atoms with Crippen LogP contribution in [-0.2, 0) is 0 Å². The van der Waals surface area contributed by atoms with Crippen LogP contribution < -0.4 is 11.1 Å². The molecule has 0 saturated carbocycles. The highest BCUT2D eigenvalue weighted by Crippen LogP contribution is 2.09. The molecule has 0 heterocycles. The largest absolute Gasteiger partial charge is 0.399 e. The van der Waals surface area contributed by atoms with Gasteiger partial charge in [0.2, 0.25) is 5.39 Å². The number of halogens is 1. The molecular formula is C6H7ClN3+. The zero-order valence-electron chi connectivity index (χ0n) is 5.21. The third kappa shape index (κ3) is 2.90. The van der Waals surface area contributed by atoms with Crippen LogP contribution in [0.25, 0.3) is 0 Å². The van der Waals surface area contributed by atoms with Gasteiger partial charge in [-0.2, -0.15) is 0 Å². The summed E-state index contributed by atoms with van der Waals surface area (Å²) in [6.07, 6.45) is 0. The lowest BCUT2D eigenvalue weighted by Gasteiger charge is -1.88. The van der Waals surface area contributed by atoms with Crippen LogP contribution >= 0.6 is 11.6 Å². The minimum Gasteiger partial charge on any atom is -0.399 e. The summed E-state index contributed by atoms with van der Waals surface area (Å²) in [4.78, 5) is 0. The molecule has 0 aromatic heterocycles. The van der Waals surface area contributed by atoms with Gasteiger partial charge in [0.25, 0.3) is 0 Å². The molecule has 3 nitrogen and oxygen atoms in total. The van der Waals surface area contributed by atoms with Gasteiger partial charge in [0.05, 0.1) is 5.39 Å². The number of diazo groups is 1. The van der Waals surface area contributed by atoms with Crippen molar-refractivity contribution in [3.8, 4) is 0 Å². The lowest BCUT2D eigenvalue weighted by Crippen LogP contribution is -2.11. The van der Waals surface area contributed by atoms with Crippen molar-refractivity contribution in [3.05, 3.63) is 29.3 Å². The Labute approximate surface area is 63.8 Å². The maximum atomic E-state index is 6.25. The first-order chi connectivity index (χ1) is 4.79. The van der Waals surface area contributed by atoms with Crippen molar-refractivity contribution in [1.29, 1.82) is 5.39 Å². The van der Waals surface area contributed by atoms with Crippen LogP contribution in [0.2, 0.25) is 5.02 Å². The molecule has 52 valence electrons. The van der Waals surface area contributed by atoms with Gasteiger partial charge in [0, 0.05) is 10.7 Å². The van der Waals surface area contributed by atoms with E-state index in [2.05, 4.69) is 0 Å². The van der Waals surface area contributed by atoms with E-state index in [1.54, 1.807) is 24.3 Å². The van der Waals surface area contributed by atoms with E-state index in [-0.39, 0.29) is 0 Å². The molecule has 0 amide bonds. The van der Waals surface area contributed by atoms with Crippen LogP contribution in [0.5, 0.6) is 0 Å². The first-order valence-electron chi connectivity index (χ1n) is 2.52. The summed E-state index contributed by atoms with van der Waals surface area (Å²) in [5, 5.41) is 11.7. The van der Waals surface area contributed by atoms with Crippen molar-refractivity contribution in [2.24, 2.45) is 0 Å². The molecule has 0 atom stereocenters. The molecule has 0 aliphatic rings. The van der Waals surface area contributed by atoms with Gasteiger partial charge in [-0.15, -0.1) is 0 Å². The van der Waals surface area contributed by atoms with Gasteiger partial charge in [-0.3, -0.25) is 0 Å². The lowest BCUT2D eigenvalue weighted by atomic mass is 10.3. The molecular weight excluding hydrogens is 150 g/mol. The van der Waals surface area contributed by atoms with Crippen LogP contribution in [0.3, 0.4) is 0 Å². The molecule has 3 N–H and O–H groups in total. The Morgan fingerprint density at radius 2 is 1.60 bits per heavy atom. The average molecular weight is 157 g/mol. The summed E-state index contributed by atoms with van der Waals surface area (Å²) in [6, 6.07) is 7.05. The summed E-state index contributed by atoms with van der Waals surface area (Å²) in [7, 11) is 0. The summed E-state index contributed by atoms with van der Waals surface area (Å²) in [5.74, 6) is 0. The second-order valence-corrected chi connectivity index (χ2v) is 1.99. The summed E-state index contributed by atoms with van der Waals surface area (Å²) in [6.45, 7) is 0. The second kappa shape index (κ2) is 4.59. The van der Waals surface area contributed by atoms with Crippen molar-refractivity contribution >= 4 is 17.3 Å². The van der Waals surface area contributed by atoms with Crippen LogP contribution in [0.15, 0.2) is 24.3 Å². The zero-order valence-corrected chi connectivity index (χ0v) is 5.97. The molecule has 0 aliphatic carbocycles. The third-order valence-corrected chi connectivity index (χ3v) is 1.12. The maximum Gasteiger partial charge on any atom is 0.212 e. The highest BCUT2D eigenvalue weighted by molar-refractivity contribution is 6.30. The molecule has 0 fully saturated rings. The standard InChI is InChI=1S/C6H6ClN.N2/c7-5-1-3-6(8)4-2-5;1-2/h1-4H,8H2;/p+1. The fraction of sp³-hybridized carbons (Fsp3) is 0. The normalized spacial score (nSPS) is 7.50. The summed E-state index contributed by atoms with van der Waals surface area (Å²) >= 11 is 5.56. The highest BCUT2D eigenvalue weighted by Gasteiger charge is 1.82. The summed E-state index contributed by atoms with van der Waals surface area (Å²) in [5.41, 5.74) is 6.11. The minimum absolute atomic E-state index is 0.721. The molecule has 0 unspecified atom stereocenters. The Hall–Kier alpha value is -1.27. The number of anilines is 1. The van der Waals surface area contributed by atoms with E-state index in [0.29, 0.717) is 0 Å². The van der Waals surface area contributed by atoms with E-state index in [1.165, 1.54) is 0 Å². The quantitative estimate of drug-likeness (QED) is 0.416. The average Bonchev–Trinajstić information content (AvgIpc) is 2.00. The number of hydrogen-bond acceptors (Lipinski definition) is 2. The van der Waals surface area contributed by atoms with Crippen molar-refractivity contribution < 1.29 is 5.39 Å².